The lowest BCUT2D eigenvalue weighted by molar-refractivity contribution is -0.127. The number of rotatable bonds is 6. The summed E-state index contributed by atoms with van der Waals surface area (Å²) >= 11 is 0. The summed E-state index contributed by atoms with van der Waals surface area (Å²) < 4.78 is 0. The van der Waals surface area contributed by atoms with Crippen molar-refractivity contribution in [3.63, 3.8) is 0 Å². The Hall–Kier alpha value is -1.90. The van der Waals surface area contributed by atoms with Crippen molar-refractivity contribution in [2.45, 2.75) is 51.1 Å². The number of hydrogen-bond acceptors (Lipinski definition) is 4. The zero-order valence-electron chi connectivity index (χ0n) is 14.8. The van der Waals surface area contributed by atoms with E-state index in [9.17, 15) is 4.79 Å². The Bertz CT molecular complexity index is 620. The number of likely N-dealkylation sites (tertiary alicyclic amines) is 1. The number of amides is 1. The van der Waals surface area contributed by atoms with E-state index in [0.29, 0.717) is 11.6 Å². The lowest BCUT2D eigenvalue weighted by Gasteiger charge is -2.35. The minimum Gasteiger partial charge on any atom is -0.369 e. The van der Waals surface area contributed by atoms with Crippen LogP contribution in [0, 0.1) is 16.7 Å². The number of hydrogen-bond donors (Lipinski definition) is 2. The first kappa shape index (κ1) is 17.9. The number of nitrogens with zero attached hydrogens (tertiary/aromatic N) is 2. The van der Waals surface area contributed by atoms with Crippen molar-refractivity contribution in [1.29, 1.82) is 5.26 Å². The number of nitriles is 1. The number of piperidine rings is 1. The molecule has 1 saturated carbocycles. The summed E-state index contributed by atoms with van der Waals surface area (Å²) in [6, 6.07) is 10.5. The van der Waals surface area contributed by atoms with Gasteiger partial charge >= 0.3 is 0 Å². The second-order valence-electron chi connectivity index (χ2n) is 7.59. The molecule has 5 nitrogen and oxygen atoms in total. The van der Waals surface area contributed by atoms with Gasteiger partial charge in [0.05, 0.1) is 17.0 Å². The van der Waals surface area contributed by atoms with E-state index in [2.05, 4.69) is 16.3 Å². The first-order valence-electron chi connectivity index (χ1n) is 9.36. The van der Waals surface area contributed by atoms with Gasteiger partial charge in [-0.05, 0) is 56.5 Å². The Labute approximate surface area is 150 Å². The number of primary amides is 1. The average Bonchev–Trinajstić information content (AvgIpc) is 3.12. The highest BCUT2D eigenvalue weighted by molar-refractivity contribution is 5.81. The quantitative estimate of drug-likeness (QED) is 0.831. The topological polar surface area (TPSA) is 82.2 Å². The van der Waals surface area contributed by atoms with Crippen LogP contribution in [0.1, 0.15) is 49.7 Å². The summed E-state index contributed by atoms with van der Waals surface area (Å²) in [5, 5.41) is 12.5. The van der Waals surface area contributed by atoms with Crippen LogP contribution >= 0.6 is 0 Å². The SMILES string of the molecule is N#Cc1ccc(CN2CCC(NCC3(C(N)=O)CCCC3)CC2)cc1. The second kappa shape index (κ2) is 7.99. The predicted octanol–water partition coefficient (Wildman–Crippen LogP) is 2.16. The molecule has 5 heteroatoms. The molecule has 1 aliphatic heterocycles. The zero-order chi connectivity index (χ0) is 17.7. The molecule has 0 radical (unpaired) electrons. The van der Waals surface area contributed by atoms with Crippen LogP contribution in [0.2, 0.25) is 0 Å². The van der Waals surface area contributed by atoms with Crippen LogP contribution in [0.4, 0.5) is 0 Å². The van der Waals surface area contributed by atoms with E-state index in [0.717, 1.165) is 64.7 Å². The van der Waals surface area contributed by atoms with Crippen molar-refractivity contribution in [3.05, 3.63) is 35.4 Å². The fraction of sp³-hybridized carbons (Fsp3) is 0.600. The van der Waals surface area contributed by atoms with Gasteiger partial charge in [0, 0.05) is 19.1 Å². The van der Waals surface area contributed by atoms with Gasteiger partial charge in [-0.15, -0.1) is 0 Å². The first-order valence-corrected chi connectivity index (χ1v) is 9.36. The third kappa shape index (κ3) is 4.39. The number of nitrogens with two attached hydrogens (primary N) is 1. The lowest BCUT2D eigenvalue weighted by atomic mass is 9.85. The standard InChI is InChI=1S/C20H28N4O/c21-13-16-3-5-17(6-4-16)14-24-11-7-18(8-12-24)23-15-20(19(22)25)9-1-2-10-20/h3-6,18,23H,1-2,7-12,14-15H2,(H2,22,25). The summed E-state index contributed by atoms with van der Waals surface area (Å²) in [4.78, 5) is 14.3. The first-order chi connectivity index (χ1) is 12.1. The molecule has 1 saturated heterocycles. The highest BCUT2D eigenvalue weighted by atomic mass is 16.1. The van der Waals surface area contributed by atoms with Crippen LogP contribution in [-0.2, 0) is 11.3 Å². The van der Waals surface area contributed by atoms with Gasteiger partial charge in [0.2, 0.25) is 5.91 Å². The fourth-order valence-electron chi connectivity index (χ4n) is 4.14. The van der Waals surface area contributed by atoms with Gasteiger partial charge in [-0.3, -0.25) is 9.69 Å². The molecule has 3 N–H and O–H groups in total. The summed E-state index contributed by atoms with van der Waals surface area (Å²) in [7, 11) is 0. The van der Waals surface area contributed by atoms with Crippen LogP contribution in [0.25, 0.3) is 0 Å². The maximum atomic E-state index is 11.9. The average molecular weight is 340 g/mol. The van der Waals surface area contributed by atoms with Gasteiger partial charge in [-0.25, -0.2) is 0 Å². The van der Waals surface area contributed by atoms with E-state index in [1.807, 2.05) is 24.3 Å². The Morgan fingerprint density at radius 1 is 1.24 bits per heavy atom. The van der Waals surface area contributed by atoms with Crippen LogP contribution in [0.3, 0.4) is 0 Å². The number of carbonyl (C=O) groups is 1. The minimum absolute atomic E-state index is 0.129. The predicted molar refractivity (Wildman–Crippen MR) is 97.6 cm³/mol. The Balaban J connectivity index is 1.44. The number of benzene rings is 1. The monoisotopic (exact) mass is 340 g/mol. The molecule has 3 rings (SSSR count). The van der Waals surface area contributed by atoms with E-state index in [-0.39, 0.29) is 11.3 Å². The third-order valence-corrected chi connectivity index (χ3v) is 5.89. The van der Waals surface area contributed by atoms with Gasteiger partial charge in [0.25, 0.3) is 0 Å². The van der Waals surface area contributed by atoms with E-state index in [1.165, 1.54) is 5.56 Å². The summed E-state index contributed by atoms with van der Waals surface area (Å²) in [6.07, 6.45) is 6.32. The molecule has 134 valence electrons. The van der Waals surface area contributed by atoms with Gasteiger partial charge in [0.15, 0.2) is 0 Å². The molecule has 1 aliphatic carbocycles. The molecule has 1 heterocycles. The van der Waals surface area contributed by atoms with E-state index >= 15 is 0 Å². The third-order valence-electron chi connectivity index (χ3n) is 5.89. The van der Waals surface area contributed by atoms with Crippen LogP contribution in [0.15, 0.2) is 24.3 Å². The van der Waals surface area contributed by atoms with Gasteiger partial charge < -0.3 is 11.1 Å². The maximum Gasteiger partial charge on any atom is 0.224 e. The second-order valence-corrected chi connectivity index (χ2v) is 7.59. The Morgan fingerprint density at radius 2 is 1.88 bits per heavy atom. The molecule has 0 spiro atoms. The normalized spacial score (nSPS) is 21.1. The molecule has 1 aromatic carbocycles. The largest absolute Gasteiger partial charge is 0.369 e. The van der Waals surface area contributed by atoms with Crippen molar-refractivity contribution in [2.75, 3.05) is 19.6 Å². The van der Waals surface area contributed by atoms with Gasteiger partial charge in [-0.2, -0.15) is 5.26 Å². The van der Waals surface area contributed by atoms with Crippen LogP contribution in [-0.4, -0.2) is 36.5 Å². The highest BCUT2D eigenvalue weighted by Gasteiger charge is 2.39. The van der Waals surface area contributed by atoms with Crippen molar-refractivity contribution in [3.8, 4) is 6.07 Å². The van der Waals surface area contributed by atoms with Crippen molar-refractivity contribution >= 4 is 5.91 Å². The maximum absolute atomic E-state index is 11.9. The molecule has 0 bridgehead atoms. The van der Waals surface area contributed by atoms with E-state index < -0.39 is 0 Å². The van der Waals surface area contributed by atoms with E-state index in [4.69, 9.17) is 11.0 Å². The molecule has 2 fully saturated rings. The number of carbonyl (C=O) groups excluding carboxylic acids is 1. The van der Waals surface area contributed by atoms with Crippen molar-refractivity contribution < 1.29 is 4.79 Å². The summed E-state index contributed by atoms with van der Waals surface area (Å²) in [5.41, 5.74) is 7.33. The minimum atomic E-state index is -0.306. The molecular weight excluding hydrogens is 312 g/mol. The van der Waals surface area contributed by atoms with Gasteiger partial charge in [-0.1, -0.05) is 25.0 Å². The molecule has 1 aromatic rings. The zero-order valence-corrected chi connectivity index (χ0v) is 14.8. The smallest absolute Gasteiger partial charge is 0.224 e. The molecule has 0 aromatic heterocycles. The molecule has 1 amide bonds. The summed E-state index contributed by atoms with van der Waals surface area (Å²) in [5.74, 6) is -0.129. The highest BCUT2D eigenvalue weighted by Crippen LogP contribution is 2.37. The van der Waals surface area contributed by atoms with E-state index in [1.54, 1.807) is 0 Å². The van der Waals surface area contributed by atoms with Crippen molar-refractivity contribution in [1.82, 2.24) is 10.2 Å². The molecule has 0 atom stereocenters. The van der Waals surface area contributed by atoms with Gasteiger partial charge in [0.1, 0.15) is 0 Å². The van der Waals surface area contributed by atoms with Crippen molar-refractivity contribution in [2.24, 2.45) is 11.1 Å². The summed E-state index contributed by atoms with van der Waals surface area (Å²) in [6.45, 7) is 3.79. The van der Waals surface area contributed by atoms with Crippen LogP contribution in [0.5, 0.6) is 0 Å². The Morgan fingerprint density at radius 3 is 2.44 bits per heavy atom. The lowest BCUT2D eigenvalue weighted by Crippen LogP contribution is -2.49. The molecular formula is C20H28N4O. The van der Waals surface area contributed by atoms with Crippen LogP contribution < -0.4 is 11.1 Å². The molecule has 2 aliphatic rings. The Kier molecular flexibility index (Phi) is 5.72. The number of nitrogens with one attached hydrogen (secondary N) is 1. The molecule has 0 unspecified atom stereocenters. The fourth-order valence-corrected chi connectivity index (χ4v) is 4.14. The molecule has 25 heavy (non-hydrogen) atoms.